The lowest BCUT2D eigenvalue weighted by molar-refractivity contribution is 0.0596. The van der Waals surface area contributed by atoms with Gasteiger partial charge in [-0.05, 0) is 30.3 Å². The largest absolute Gasteiger partial charge is 0.465 e. The van der Waals surface area contributed by atoms with Gasteiger partial charge in [0.05, 0.1) is 23.3 Å². The van der Waals surface area contributed by atoms with Crippen LogP contribution in [0.2, 0.25) is 5.02 Å². The van der Waals surface area contributed by atoms with Crippen LogP contribution in [-0.2, 0) is 15.7 Å². The summed E-state index contributed by atoms with van der Waals surface area (Å²) in [5.41, 5.74) is 0.979. The van der Waals surface area contributed by atoms with Crippen LogP contribution in [0.25, 0.3) is 0 Å². The lowest BCUT2D eigenvalue weighted by Crippen LogP contribution is -2.22. The van der Waals surface area contributed by atoms with Crippen molar-refractivity contribution in [1.29, 1.82) is 0 Å². The second-order valence-electron chi connectivity index (χ2n) is 4.21. The molecule has 0 radical (unpaired) electrons. The molecule has 4 nitrogen and oxygen atoms in total. The maximum Gasteiger partial charge on any atom is 0.339 e. The summed E-state index contributed by atoms with van der Waals surface area (Å²) in [6.45, 7) is 0. The fraction of sp³-hybridized carbons (Fsp3) is 0.133. The summed E-state index contributed by atoms with van der Waals surface area (Å²) in [5, 5.41) is 0.553. The van der Waals surface area contributed by atoms with E-state index >= 15 is 0 Å². The molecule has 0 fully saturated rings. The molecule has 0 spiro atoms. The number of halogens is 1. The summed E-state index contributed by atoms with van der Waals surface area (Å²) in [6.07, 6.45) is 0. The third-order valence-electron chi connectivity index (χ3n) is 2.90. The Kier molecular flexibility index (Phi) is 4.98. The number of nitrogens with zero attached hydrogens (tertiary/aromatic N) is 1. The minimum atomic E-state index is -1.55. The molecule has 2 rings (SSSR count). The van der Waals surface area contributed by atoms with Gasteiger partial charge in [0, 0.05) is 12.1 Å². The Hall–Kier alpha value is -1.85. The van der Waals surface area contributed by atoms with Crippen LogP contribution in [0.3, 0.4) is 0 Å². The quantitative estimate of drug-likeness (QED) is 0.811. The number of hydrogen-bond donors (Lipinski definition) is 0. The van der Waals surface area contributed by atoms with Crippen LogP contribution in [0.5, 0.6) is 0 Å². The molecule has 1 unspecified atom stereocenters. The summed E-state index contributed by atoms with van der Waals surface area (Å²) in [6, 6.07) is 13.7. The van der Waals surface area contributed by atoms with Crippen LogP contribution in [-0.4, -0.2) is 24.3 Å². The SMILES string of the molecule is COC(=O)c1ccccc1S(=O)N(C)c1cccc(Cl)c1. The molecular formula is C15H14ClNO3S. The van der Waals surface area contributed by atoms with Gasteiger partial charge in [0.25, 0.3) is 0 Å². The summed E-state index contributed by atoms with van der Waals surface area (Å²) >= 11 is 5.94. The first-order valence-corrected chi connectivity index (χ1v) is 7.61. The van der Waals surface area contributed by atoms with Gasteiger partial charge in [-0.3, -0.25) is 4.31 Å². The number of carbonyl (C=O) groups is 1. The molecule has 0 N–H and O–H groups in total. The zero-order chi connectivity index (χ0) is 15.4. The van der Waals surface area contributed by atoms with E-state index in [-0.39, 0.29) is 5.56 Å². The van der Waals surface area contributed by atoms with E-state index in [1.807, 2.05) is 0 Å². The van der Waals surface area contributed by atoms with Gasteiger partial charge in [-0.25, -0.2) is 9.00 Å². The third kappa shape index (κ3) is 3.43. The first kappa shape index (κ1) is 15.5. The first-order valence-electron chi connectivity index (χ1n) is 6.13. The van der Waals surface area contributed by atoms with Crippen LogP contribution in [0.4, 0.5) is 5.69 Å². The molecule has 2 aromatic rings. The molecule has 0 aromatic heterocycles. The fourth-order valence-corrected chi connectivity index (χ4v) is 3.13. The number of benzene rings is 2. The van der Waals surface area contributed by atoms with Gasteiger partial charge in [-0.1, -0.05) is 29.8 Å². The minimum Gasteiger partial charge on any atom is -0.465 e. The van der Waals surface area contributed by atoms with Crippen molar-refractivity contribution in [3.05, 3.63) is 59.1 Å². The molecule has 0 saturated carbocycles. The molecule has 0 aliphatic carbocycles. The number of ether oxygens (including phenoxy) is 1. The van der Waals surface area contributed by atoms with Gasteiger partial charge < -0.3 is 4.74 Å². The van der Waals surface area contributed by atoms with Crippen molar-refractivity contribution in [3.63, 3.8) is 0 Å². The molecule has 0 saturated heterocycles. The molecule has 0 amide bonds. The van der Waals surface area contributed by atoms with Crippen molar-refractivity contribution >= 4 is 34.2 Å². The zero-order valence-electron chi connectivity index (χ0n) is 11.6. The van der Waals surface area contributed by atoms with Gasteiger partial charge in [0.15, 0.2) is 11.0 Å². The standard InChI is InChI=1S/C15H14ClNO3S/c1-17(12-7-5-6-11(16)10-12)21(19)14-9-4-3-8-13(14)15(18)20-2/h3-10H,1-2H3. The van der Waals surface area contributed by atoms with Crippen molar-refractivity contribution in [2.45, 2.75) is 4.90 Å². The maximum absolute atomic E-state index is 12.7. The Balaban J connectivity index is 2.38. The monoisotopic (exact) mass is 323 g/mol. The number of hydrogen-bond acceptors (Lipinski definition) is 3. The molecule has 6 heteroatoms. The van der Waals surface area contributed by atoms with Crippen molar-refractivity contribution in [1.82, 2.24) is 0 Å². The Labute approximate surface area is 130 Å². The van der Waals surface area contributed by atoms with Gasteiger partial charge in [0.2, 0.25) is 0 Å². The molecule has 0 aliphatic rings. The van der Waals surface area contributed by atoms with Crippen molar-refractivity contribution < 1.29 is 13.7 Å². The fourth-order valence-electron chi connectivity index (χ4n) is 1.81. The van der Waals surface area contributed by atoms with Crippen molar-refractivity contribution in [2.24, 2.45) is 0 Å². The normalized spacial score (nSPS) is 11.8. The van der Waals surface area contributed by atoms with Crippen LogP contribution in [0.15, 0.2) is 53.4 Å². The highest BCUT2D eigenvalue weighted by molar-refractivity contribution is 7.86. The molecule has 21 heavy (non-hydrogen) atoms. The first-order chi connectivity index (χ1) is 10.0. The van der Waals surface area contributed by atoms with E-state index < -0.39 is 17.0 Å². The maximum atomic E-state index is 12.7. The molecule has 0 heterocycles. The van der Waals surface area contributed by atoms with E-state index in [0.717, 1.165) is 0 Å². The summed E-state index contributed by atoms with van der Waals surface area (Å²) in [7, 11) is 1.42. The smallest absolute Gasteiger partial charge is 0.339 e. The number of methoxy groups -OCH3 is 1. The zero-order valence-corrected chi connectivity index (χ0v) is 13.1. The summed E-state index contributed by atoms with van der Waals surface area (Å²) in [5.74, 6) is -0.515. The van der Waals surface area contributed by atoms with Crippen molar-refractivity contribution in [2.75, 3.05) is 18.5 Å². The predicted octanol–water partition coefficient (Wildman–Crippen LogP) is 3.29. The van der Waals surface area contributed by atoms with Gasteiger partial charge in [0.1, 0.15) is 0 Å². The Morgan fingerprint density at radius 3 is 2.57 bits per heavy atom. The van der Waals surface area contributed by atoms with Crippen LogP contribution < -0.4 is 4.31 Å². The number of carbonyl (C=O) groups excluding carboxylic acids is 1. The van der Waals surface area contributed by atoms with E-state index in [9.17, 15) is 9.00 Å². The van der Waals surface area contributed by atoms with E-state index in [1.165, 1.54) is 7.11 Å². The minimum absolute atomic E-state index is 0.284. The van der Waals surface area contributed by atoms with E-state index in [2.05, 4.69) is 0 Å². The number of anilines is 1. The average molecular weight is 324 g/mol. The molecule has 1 atom stereocenters. The van der Waals surface area contributed by atoms with Gasteiger partial charge in [-0.15, -0.1) is 0 Å². The van der Waals surface area contributed by atoms with Crippen LogP contribution >= 0.6 is 11.6 Å². The summed E-state index contributed by atoms with van der Waals surface area (Å²) < 4.78 is 19.0. The van der Waals surface area contributed by atoms with Gasteiger partial charge in [-0.2, -0.15) is 0 Å². The van der Waals surface area contributed by atoms with E-state index in [4.69, 9.17) is 16.3 Å². The highest BCUT2D eigenvalue weighted by atomic mass is 35.5. The Morgan fingerprint density at radius 1 is 1.19 bits per heavy atom. The van der Waals surface area contributed by atoms with Crippen molar-refractivity contribution in [3.8, 4) is 0 Å². The van der Waals surface area contributed by atoms with E-state index in [1.54, 1.807) is 59.9 Å². The molecule has 0 bridgehead atoms. The number of esters is 1. The molecule has 110 valence electrons. The van der Waals surface area contributed by atoms with Crippen LogP contribution in [0, 0.1) is 0 Å². The van der Waals surface area contributed by atoms with Crippen LogP contribution in [0.1, 0.15) is 10.4 Å². The predicted molar refractivity (Wildman–Crippen MR) is 84.0 cm³/mol. The Morgan fingerprint density at radius 2 is 1.90 bits per heavy atom. The topological polar surface area (TPSA) is 46.6 Å². The number of rotatable bonds is 4. The second kappa shape index (κ2) is 6.74. The Bertz CT molecular complexity index is 690. The third-order valence-corrected chi connectivity index (χ3v) is 4.58. The molecular weight excluding hydrogens is 310 g/mol. The highest BCUT2D eigenvalue weighted by Crippen LogP contribution is 2.24. The van der Waals surface area contributed by atoms with Gasteiger partial charge >= 0.3 is 5.97 Å². The average Bonchev–Trinajstić information content (AvgIpc) is 2.52. The summed E-state index contributed by atoms with van der Waals surface area (Å²) in [4.78, 5) is 12.2. The molecule has 2 aromatic carbocycles. The highest BCUT2D eigenvalue weighted by Gasteiger charge is 2.19. The lowest BCUT2D eigenvalue weighted by Gasteiger charge is -2.19. The van der Waals surface area contributed by atoms with E-state index in [0.29, 0.717) is 15.6 Å². The molecule has 0 aliphatic heterocycles. The lowest BCUT2D eigenvalue weighted by atomic mass is 10.2. The second-order valence-corrected chi connectivity index (χ2v) is 6.14.